The van der Waals surface area contributed by atoms with E-state index in [0.717, 1.165) is 19.3 Å². The largest absolute Gasteiger partial charge is 0.481 e. The second-order valence-corrected chi connectivity index (χ2v) is 6.31. The fourth-order valence-electron chi connectivity index (χ4n) is 2.76. The van der Waals surface area contributed by atoms with Crippen LogP contribution in [0.25, 0.3) is 0 Å². The predicted octanol–water partition coefficient (Wildman–Crippen LogP) is 5.25. The third-order valence-electron chi connectivity index (χ3n) is 4.18. The van der Waals surface area contributed by atoms with Gasteiger partial charge in [0.2, 0.25) is 0 Å². The van der Waals surface area contributed by atoms with Crippen molar-refractivity contribution in [3.63, 3.8) is 0 Å². The summed E-state index contributed by atoms with van der Waals surface area (Å²) >= 11 is 0. The van der Waals surface area contributed by atoms with E-state index < -0.39 is 17.9 Å². The van der Waals surface area contributed by atoms with E-state index in [-0.39, 0.29) is 6.42 Å². The molecule has 130 valence electrons. The standard InChI is InChI=1S/C18H34O4/c1-2-3-4-5-6-7-8-9-10-11-12-13-14-16(18(21)22)15-17(19)20/h16H,2-15H2,1H3,(H,19,20)(H,21,22)/t16-/m1/s1. The molecule has 22 heavy (non-hydrogen) atoms. The predicted molar refractivity (Wildman–Crippen MR) is 89.1 cm³/mol. The highest BCUT2D eigenvalue weighted by Gasteiger charge is 2.19. The molecule has 0 aliphatic carbocycles. The third kappa shape index (κ3) is 13.9. The summed E-state index contributed by atoms with van der Waals surface area (Å²) in [6.07, 6.45) is 15.1. The van der Waals surface area contributed by atoms with Crippen LogP contribution in [0.2, 0.25) is 0 Å². The lowest BCUT2D eigenvalue weighted by atomic mass is 9.97. The second-order valence-electron chi connectivity index (χ2n) is 6.31. The van der Waals surface area contributed by atoms with Crippen molar-refractivity contribution < 1.29 is 19.8 Å². The zero-order chi connectivity index (χ0) is 16.6. The van der Waals surface area contributed by atoms with E-state index in [1.165, 1.54) is 57.8 Å². The maximum atomic E-state index is 10.9. The van der Waals surface area contributed by atoms with Crippen molar-refractivity contribution >= 4 is 11.9 Å². The van der Waals surface area contributed by atoms with E-state index in [0.29, 0.717) is 6.42 Å². The molecular formula is C18H34O4. The molecule has 0 unspecified atom stereocenters. The van der Waals surface area contributed by atoms with Crippen molar-refractivity contribution in [2.24, 2.45) is 5.92 Å². The zero-order valence-electron chi connectivity index (χ0n) is 14.2. The van der Waals surface area contributed by atoms with Gasteiger partial charge in [-0.25, -0.2) is 0 Å². The average molecular weight is 314 g/mol. The van der Waals surface area contributed by atoms with Gasteiger partial charge in [-0.15, -0.1) is 0 Å². The van der Waals surface area contributed by atoms with Gasteiger partial charge in [-0.05, 0) is 6.42 Å². The van der Waals surface area contributed by atoms with Gasteiger partial charge in [0.15, 0.2) is 0 Å². The molecule has 0 bridgehead atoms. The Bertz CT molecular complexity index is 289. The highest BCUT2D eigenvalue weighted by molar-refractivity contribution is 5.77. The Labute approximate surface area is 135 Å². The Morgan fingerprint density at radius 1 is 0.727 bits per heavy atom. The molecule has 0 aliphatic heterocycles. The maximum absolute atomic E-state index is 10.9. The normalized spacial score (nSPS) is 12.2. The smallest absolute Gasteiger partial charge is 0.307 e. The van der Waals surface area contributed by atoms with Gasteiger partial charge in [0.1, 0.15) is 0 Å². The molecule has 0 amide bonds. The molecule has 0 aromatic rings. The van der Waals surface area contributed by atoms with E-state index in [4.69, 9.17) is 10.2 Å². The summed E-state index contributed by atoms with van der Waals surface area (Å²) in [4.78, 5) is 21.5. The van der Waals surface area contributed by atoms with Gasteiger partial charge >= 0.3 is 11.9 Å². The minimum atomic E-state index is -1.02. The van der Waals surface area contributed by atoms with Gasteiger partial charge in [0.25, 0.3) is 0 Å². The van der Waals surface area contributed by atoms with Crippen LogP contribution in [-0.4, -0.2) is 22.2 Å². The van der Waals surface area contributed by atoms with Crippen LogP contribution in [0.15, 0.2) is 0 Å². The molecule has 0 aromatic heterocycles. The van der Waals surface area contributed by atoms with Crippen LogP contribution < -0.4 is 0 Å². The van der Waals surface area contributed by atoms with Gasteiger partial charge in [-0.1, -0.05) is 84.0 Å². The topological polar surface area (TPSA) is 74.6 Å². The first kappa shape index (κ1) is 20.9. The lowest BCUT2D eigenvalue weighted by molar-refractivity contribution is -0.148. The number of carboxylic acid groups (broad SMARTS) is 2. The molecule has 0 heterocycles. The number of unbranched alkanes of at least 4 members (excludes halogenated alkanes) is 11. The number of aliphatic carboxylic acids is 2. The molecule has 0 spiro atoms. The lowest BCUT2D eigenvalue weighted by Gasteiger charge is -2.09. The molecule has 0 radical (unpaired) electrons. The van der Waals surface area contributed by atoms with Gasteiger partial charge in [-0.2, -0.15) is 0 Å². The third-order valence-corrected chi connectivity index (χ3v) is 4.18. The number of carbonyl (C=O) groups is 2. The van der Waals surface area contributed by atoms with E-state index >= 15 is 0 Å². The Balaban J connectivity index is 3.35. The van der Waals surface area contributed by atoms with Crippen molar-refractivity contribution in [1.29, 1.82) is 0 Å². The van der Waals surface area contributed by atoms with E-state index in [2.05, 4.69) is 6.92 Å². The molecule has 2 N–H and O–H groups in total. The van der Waals surface area contributed by atoms with Crippen molar-refractivity contribution in [3.8, 4) is 0 Å². The van der Waals surface area contributed by atoms with E-state index in [1.54, 1.807) is 0 Å². The molecule has 4 nitrogen and oxygen atoms in total. The monoisotopic (exact) mass is 314 g/mol. The Hall–Kier alpha value is -1.06. The fraction of sp³-hybridized carbons (Fsp3) is 0.889. The highest BCUT2D eigenvalue weighted by Crippen LogP contribution is 2.16. The average Bonchev–Trinajstić information content (AvgIpc) is 2.46. The summed E-state index contributed by atoms with van der Waals surface area (Å²) < 4.78 is 0. The summed E-state index contributed by atoms with van der Waals surface area (Å²) in [5, 5.41) is 17.6. The van der Waals surface area contributed by atoms with Crippen LogP contribution in [0.1, 0.15) is 96.8 Å². The first-order chi connectivity index (χ1) is 10.6. The molecule has 0 saturated heterocycles. The van der Waals surface area contributed by atoms with Crippen molar-refractivity contribution in [3.05, 3.63) is 0 Å². The van der Waals surface area contributed by atoms with Crippen molar-refractivity contribution in [2.45, 2.75) is 96.8 Å². The molecule has 4 heteroatoms. The Morgan fingerprint density at radius 2 is 1.14 bits per heavy atom. The number of hydrogen-bond donors (Lipinski definition) is 2. The molecule has 0 aromatic carbocycles. The second kappa shape index (κ2) is 14.9. The summed E-state index contributed by atoms with van der Waals surface area (Å²) in [6.45, 7) is 2.24. The molecule has 0 aliphatic rings. The molecule has 1 atom stereocenters. The van der Waals surface area contributed by atoms with Crippen LogP contribution >= 0.6 is 0 Å². The first-order valence-electron chi connectivity index (χ1n) is 9.02. The van der Waals surface area contributed by atoms with Crippen LogP contribution in [0.5, 0.6) is 0 Å². The van der Waals surface area contributed by atoms with Crippen LogP contribution in [0.4, 0.5) is 0 Å². The van der Waals surface area contributed by atoms with Crippen LogP contribution in [-0.2, 0) is 9.59 Å². The zero-order valence-corrected chi connectivity index (χ0v) is 14.2. The van der Waals surface area contributed by atoms with Crippen molar-refractivity contribution in [2.75, 3.05) is 0 Å². The molecule has 0 fully saturated rings. The Kier molecular flexibility index (Phi) is 14.1. The minimum Gasteiger partial charge on any atom is -0.481 e. The maximum Gasteiger partial charge on any atom is 0.307 e. The Morgan fingerprint density at radius 3 is 1.50 bits per heavy atom. The van der Waals surface area contributed by atoms with E-state index in [1.807, 2.05) is 0 Å². The fourth-order valence-corrected chi connectivity index (χ4v) is 2.76. The van der Waals surface area contributed by atoms with Gasteiger partial charge in [-0.3, -0.25) is 9.59 Å². The quantitative estimate of drug-likeness (QED) is 0.381. The lowest BCUT2D eigenvalue weighted by Crippen LogP contribution is -2.17. The SMILES string of the molecule is CCCCCCCCCCCCCC[C@H](CC(=O)O)C(=O)O. The van der Waals surface area contributed by atoms with E-state index in [9.17, 15) is 9.59 Å². The summed E-state index contributed by atoms with van der Waals surface area (Å²) in [6, 6.07) is 0. The molecule has 0 rings (SSSR count). The highest BCUT2D eigenvalue weighted by atomic mass is 16.4. The van der Waals surface area contributed by atoms with Crippen molar-refractivity contribution in [1.82, 2.24) is 0 Å². The van der Waals surface area contributed by atoms with Crippen LogP contribution in [0.3, 0.4) is 0 Å². The summed E-state index contributed by atoms with van der Waals surface area (Å²) in [7, 11) is 0. The molecular weight excluding hydrogens is 280 g/mol. The number of rotatable bonds is 16. The number of hydrogen-bond acceptors (Lipinski definition) is 2. The van der Waals surface area contributed by atoms with Gasteiger partial charge in [0, 0.05) is 0 Å². The minimum absolute atomic E-state index is 0.257. The van der Waals surface area contributed by atoms with Crippen LogP contribution in [0, 0.1) is 5.92 Å². The first-order valence-corrected chi connectivity index (χ1v) is 9.02. The molecule has 0 saturated carbocycles. The van der Waals surface area contributed by atoms with Gasteiger partial charge in [0.05, 0.1) is 12.3 Å². The van der Waals surface area contributed by atoms with Gasteiger partial charge < -0.3 is 10.2 Å². The summed E-state index contributed by atoms with van der Waals surface area (Å²) in [5.74, 6) is -2.72. The summed E-state index contributed by atoms with van der Waals surface area (Å²) in [5.41, 5.74) is 0. The number of carboxylic acids is 2.